The van der Waals surface area contributed by atoms with Crippen molar-refractivity contribution in [3.8, 4) is 6.07 Å². The highest BCUT2D eigenvalue weighted by molar-refractivity contribution is 9.10. The lowest BCUT2D eigenvalue weighted by molar-refractivity contribution is -0.112. The van der Waals surface area contributed by atoms with Gasteiger partial charge in [-0.15, -0.1) is 0 Å². The lowest BCUT2D eigenvalue weighted by atomic mass is 10.2. The van der Waals surface area contributed by atoms with Crippen LogP contribution in [0.5, 0.6) is 0 Å². The number of benzene rings is 1. The largest absolute Gasteiger partial charge is 0.393 e. The van der Waals surface area contributed by atoms with Gasteiger partial charge in [-0.3, -0.25) is 4.79 Å². The molecule has 0 aliphatic rings. The standard InChI is InChI=1S/C11H10BrN3O/c1-14-7-8(6-13)11(16)15-10-4-2-9(12)3-5-10/h2-5,7,14H,1H3,(H,15,16)/b8-7-. The van der Waals surface area contributed by atoms with E-state index in [4.69, 9.17) is 5.26 Å². The Bertz CT molecular complexity index is 445. The van der Waals surface area contributed by atoms with Crippen molar-refractivity contribution in [1.82, 2.24) is 5.32 Å². The summed E-state index contributed by atoms with van der Waals surface area (Å²) in [5.41, 5.74) is 0.677. The van der Waals surface area contributed by atoms with Crippen LogP contribution in [0.25, 0.3) is 0 Å². The second kappa shape index (κ2) is 5.93. The molecule has 16 heavy (non-hydrogen) atoms. The van der Waals surface area contributed by atoms with E-state index in [0.29, 0.717) is 5.69 Å². The van der Waals surface area contributed by atoms with Gasteiger partial charge < -0.3 is 10.6 Å². The lowest BCUT2D eigenvalue weighted by Gasteiger charge is -2.03. The molecular formula is C11H10BrN3O. The molecule has 1 amide bonds. The van der Waals surface area contributed by atoms with Crippen molar-refractivity contribution in [3.05, 3.63) is 40.5 Å². The highest BCUT2D eigenvalue weighted by atomic mass is 79.9. The van der Waals surface area contributed by atoms with Gasteiger partial charge in [0.2, 0.25) is 0 Å². The van der Waals surface area contributed by atoms with E-state index in [-0.39, 0.29) is 5.57 Å². The first-order chi connectivity index (χ1) is 7.67. The van der Waals surface area contributed by atoms with Crippen molar-refractivity contribution in [3.63, 3.8) is 0 Å². The van der Waals surface area contributed by atoms with Gasteiger partial charge in [0.1, 0.15) is 11.6 Å². The van der Waals surface area contributed by atoms with Crippen LogP contribution < -0.4 is 10.6 Å². The number of hydrogen-bond donors (Lipinski definition) is 2. The molecule has 0 radical (unpaired) electrons. The van der Waals surface area contributed by atoms with Crippen LogP contribution in [0.15, 0.2) is 40.5 Å². The fourth-order valence-corrected chi connectivity index (χ4v) is 1.29. The molecule has 0 aromatic heterocycles. The van der Waals surface area contributed by atoms with Gasteiger partial charge >= 0.3 is 0 Å². The molecule has 0 spiro atoms. The Kier molecular flexibility index (Phi) is 4.55. The number of halogens is 1. The fraction of sp³-hybridized carbons (Fsp3) is 0.0909. The second-order valence-corrected chi connectivity index (χ2v) is 3.84. The monoisotopic (exact) mass is 279 g/mol. The van der Waals surface area contributed by atoms with Crippen LogP contribution in [-0.2, 0) is 4.79 Å². The third-order valence-electron chi connectivity index (χ3n) is 1.76. The zero-order valence-corrected chi connectivity index (χ0v) is 10.2. The van der Waals surface area contributed by atoms with Crippen LogP contribution in [0.2, 0.25) is 0 Å². The molecule has 0 saturated heterocycles. The van der Waals surface area contributed by atoms with Crippen LogP contribution in [0.1, 0.15) is 0 Å². The maximum atomic E-state index is 11.6. The molecule has 82 valence electrons. The van der Waals surface area contributed by atoms with Crippen LogP contribution in [0.4, 0.5) is 5.69 Å². The third kappa shape index (κ3) is 3.41. The minimum absolute atomic E-state index is 0.0328. The quantitative estimate of drug-likeness (QED) is 0.657. The number of nitriles is 1. The summed E-state index contributed by atoms with van der Waals surface area (Å²) in [5.74, 6) is -0.431. The Morgan fingerprint density at radius 3 is 2.56 bits per heavy atom. The molecular weight excluding hydrogens is 270 g/mol. The van der Waals surface area contributed by atoms with E-state index in [1.165, 1.54) is 6.20 Å². The maximum absolute atomic E-state index is 11.6. The molecule has 0 heterocycles. The average Bonchev–Trinajstić information content (AvgIpc) is 2.29. The Morgan fingerprint density at radius 1 is 1.44 bits per heavy atom. The first kappa shape index (κ1) is 12.3. The molecule has 1 rings (SSSR count). The summed E-state index contributed by atoms with van der Waals surface area (Å²) < 4.78 is 0.928. The molecule has 2 N–H and O–H groups in total. The van der Waals surface area contributed by atoms with Crippen molar-refractivity contribution in [2.75, 3.05) is 12.4 Å². The zero-order valence-electron chi connectivity index (χ0n) is 8.62. The van der Waals surface area contributed by atoms with Gasteiger partial charge in [0, 0.05) is 23.4 Å². The van der Waals surface area contributed by atoms with Crippen molar-refractivity contribution in [2.24, 2.45) is 0 Å². The summed E-state index contributed by atoms with van der Waals surface area (Å²) in [6.45, 7) is 0. The minimum Gasteiger partial charge on any atom is -0.393 e. The van der Waals surface area contributed by atoms with E-state index >= 15 is 0 Å². The van der Waals surface area contributed by atoms with Gasteiger partial charge in [-0.2, -0.15) is 5.26 Å². The third-order valence-corrected chi connectivity index (χ3v) is 2.28. The molecule has 5 heteroatoms. The summed E-state index contributed by atoms with van der Waals surface area (Å²) in [5, 5.41) is 14.0. The maximum Gasteiger partial charge on any atom is 0.267 e. The number of amides is 1. The summed E-state index contributed by atoms with van der Waals surface area (Å²) >= 11 is 3.29. The van der Waals surface area contributed by atoms with Gasteiger partial charge in [-0.1, -0.05) is 15.9 Å². The highest BCUT2D eigenvalue weighted by Gasteiger charge is 2.08. The van der Waals surface area contributed by atoms with Crippen molar-refractivity contribution >= 4 is 27.5 Å². The molecule has 0 aliphatic carbocycles. The number of anilines is 1. The average molecular weight is 280 g/mol. The van der Waals surface area contributed by atoms with Gasteiger partial charge in [-0.05, 0) is 24.3 Å². The summed E-state index contributed by atoms with van der Waals surface area (Å²) in [4.78, 5) is 11.6. The highest BCUT2D eigenvalue weighted by Crippen LogP contribution is 2.14. The van der Waals surface area contributed by atoms with E-state index < -0.39 is 5.91 Å². The lowest BCUT2D eigenvalue weighted by Crippen LogP contribution is -2.15. The smallest absolute Gasteiger partial charge is 0.267 e. The van der Waals surface area contributed by atoms with E-state index in [9.17, 15) is 4.79 Å². The Hall–Kier alpha value is -1.80. The predicted molar refractivity (Wildman–Crippen MR) is 65.5 cm³/mol. The fourth-order valence-electron chi connectivity index (χ4n) is 1.02. The second-order valence-electron chi connectivity index (χ2n) is 2.92. The van der Waals surface area contributed by atoms with Crippen LogP contribution >= 0.6 is 15.9 Å². The normalized spacial score (nSPS) is 10.4. The summed E-state index contributed by atoms with van der Waals surface area (Å²) in [7, 11) is 1.63. The summed E-state index contributed by atoms with van der Waals surface area (Å²) in [6, 6.07) is 8.92. The van der Waals surface area contributed by atoms with Crippen molar-refractivity contribution in [1.29, 1.82) is 5.26 Å². The van der Waals surface area contributed by atoms with Gasteiger partial charge in [-0.25, -0.2) is 0 Å². The Balaban J connectivity index is 2.75. The van der Waals surface area contributed by atoms with E-state index in [1.807, 2.05) is 18.2 Å². The van der Waals surface area contributed by atoms with Crippen molar-refractivity contribution in [2.45, 2.75) is 0 Å². The molecule has 0 fully saturated rings. The van der Waals surface area contributed by atoms with E-state index in [1.54, 1.807) is 19.2 Å². The number of carbonyl (C=O) groups is 1. The molecule has 0 aliphatic heterocycles. The number of rotatable bonds is 3. The zero-order chi connectivity index (χ0) is 12.0. The van der Waals surface area contributed by atoms with Crippen LogP contribution in [0.3, 0.4) is 0 Å². The molecule has 1 aromatic rings. The molecule has 1 aromatic carbocycles. The molecule has 0 saturated carbocycles. The topological polar surface area (TPSA) is 64.9 Å². The number of hydrogen-bond acceptors (Lipinski definition) is 3. The number of carbonyl (C=O) groups excluding carboxylic acids is 1. The van der Waals surface area contributed by atoms with Gasteiger partial charge in [0.05, 0.1) is 0 Å². The van der Waals surface area contributed by atoms with E-state index in [0.717, 1.165) is 4.47 Å². The van der Waals surface area contributed by atoms with Gasteiger partial charge in [0.15, 0.2) is 0 Å². The minimum atomic E-state index is -0.431. The summed E-state index contributed by atoms with van der Waals surface area (Å²) in [6.07, 6.45) is 1.36. The van der Waals surface area contributed by atoms with Crippen LogP contribution in [-0.4, -0.2) is 13.0 Å². The molecule has 4 nitrogen and oxygen atoms in total. The SMILES string of the molecule is CN/C=C(/C#N)C(=O)Nc1ccc(Br)cc1. The number of nitrogens with one attached hydrogen (secondary N) is 2. The molecule has 0 bridgehead atoms. The van der Waals surface area contributed by atoms with E-state index in [2.05, 4.69) is 26.6 Å². The van der Waals surface area contributed by atoms with Crippen molar-refractivity contribution < 1.29 is 4.79 Å². The first-order valence-electron chi connectivity index (χ1n) is 4.52. The predicted octanol–water partition coefficient (Wildman–Crippen LogP) is 2.01. The number of nitrogens with zero attached hydrogens (tertiary/aromatic N) is 1. The van der Waals surface area contributed by atoms with Crippen LogP contribution in [0, 0.1) is 11.3 Å². The van der Waals surface area contributed by atoms with Gasteiger partial charge in [0.25, 0.3) is 5.91 Å². The Labute approximate surface area is 102 Å². The first-order valence-corrected chi connectivity index (χ1v) is 5.31. The molecule has 0 atom stereocenters. The molecule has 0 unspecified atom stereocenters. The Morgan fingerprint density at radius 2 is 2.06 bits per heavy atom.